The van der Waals surface area contributed by atoms with E-state index >= 15 is 0 Å². The SMILES string of the molecule is O=C(OCc1cccc(Cc2ccccc2)c1)n1ccccc1=O. The normalized spacial score (nSPS) is 10.3. The van der Waals surface area contributed by atoms with Gasteiger partial charge in [0.05, 0.1) is 0 Å². The lowest BCUT2D eigenvalue weighted by Gasteiger charge is -2.08. The summed E-state index contributed by atoms with van der Waals surface area (Å²) in [5.74, 6) is 0. The number of rotatable bonds is 4. The first kappa shape index (κ1) is 15.7. The van der Waals surface area contributed by atoms with Gasteiger partial charge in [0, 0.05) is 12.3 Å². The fourth-order valence-corrected chi connectivity index (χ4v) is 2.45. The number of aromatic nitrogens is 1. The van der Waals surface area contributed by atoms with Crippen molar-refractivity contribution in [1.29, 1.82) is 0 Å². The Bertz CT molecular complexity index is 884. The smallest absolute Gasteiger partial charge is 0.421 e. The number of hydrogen-bond donors (Lipinski definition) is 0. The largest absolute Gasteiger partial charge is 0.444 e. The Labute approximate surface area is 140 Å². The van der Waals surface area contributed by atoms with Crippen LogP contribution in [0.4, 0.5) is 4.79 Å². The minimum atomic E-state index is -0.672. The molecule has 2 aromatic carbocycles. The zero-order valence-corrected chi connectivity index (χ0v) is 13.1. The molecular weight excluding hydrogens is 302 g/mol. The molecule has 3 aromatic rings. The van der Waals surface area contributed by atoms with E-state index in [1.807, 2.05) is 42.5 Å². The Kier molecular flexibility index (Phi) is 4.87. The second kappa shape index (κ2) is 7.42. The van der Waals surface area contributed by atoms with Gasteiger partial charge in [0.1, 0.15) is 6.61 Å². The Morgan fingerprint density at radius 1 is 0.833 bits per heavy atom. The second-order valence-electron chi connectivity index (χ2n) is 5.45. The average molecular weight is 319 g/mol. The molecule has 0 fully saturated rings. The lowest BCUT2D eigenvalue weighted by Crippen LogP contribution is -2.26. The van der Waals surface area contributed by atoms with Gasteiger partial charge in [-0.2, -0.15) is 0 Å². The zero-order chi connectivity index (χ0) is 16.8. The van der Waals surface area contributed by atoms with E-state index in [9.17, 15) is 9.59 Å². The van der Waals surface area contributed by atoms with Crippen molar-refractivity contribution in [2.45, 2.75) is 13.0 Å². The van der Waals surface area contributed by atoms with Gasteiger partial charge in [0.25, 0.3) is 5.56 Å². The molecule has 4 nitrogen and oxygen atoms in total. The standard InChI is InChI=1S/C20H17NO3/c22-19-11-4-5-12-21(19)20(23)24-15-18-10-6-9-17(14-18)13-16-7-2-1-3-8-16/h1-12,14H,13,15H2. The van der Waals surface area contributed by atoms with E-state index in [2.05, 4.69) is 12.1 Å². The summed E-state index contributed by atoms with van der Waals surface area (Å²) in [5, 5.41) is 0. The summed E-state index contributed by atoms with van der Waals surface area (Å²) in [7, 11) is 0. The molecule has 0 atom stereocenters. The van der Waals surface area contributed by atoms with Crippen LogP contribution < -0.4 is 5.56 Å². The maximum absolute atomic E-state index is 12.0. The van der Waals surface area contributed by atoms with Crippen LogP contribution >= 0.6 is 0 Å². The molecule has 0 bridgehead atoms. The van der Waals surface area contributed by atoms with Crippen LogP contribution in [0.25, 0.3) is 0 Å². The molecule has 0 saturated carbocycles. The third-order valence-electron chi connectivity index (χ3n) is 3.62. The first-order valence-electron chi connectivity index (χ1n) is 7.69. The van der Waals surface area contributed by atoms with Gasteiger partial charge in [-0.3, -0.25) is 4.79 Å². The van der Waals surface area contributed by atoms with Crippen LogP contribution in [0, 0.1) is 0 Å². The zero-order valence-electron chi connectivity index (χ0n) is 13.1. The van der Waals surface area contributed by atoms with Crippen LogP contribution in [0.5, 0.6) is 0 Å². The van der Waals surface area contributed by atoms with E-state index in [-0.39, 0.29) is 6.61 Å². The topological polar surface area (TPSA) is 48.3 Å². The van der Waals surface area contributed by atoms with Gasteiger partial charge in [0.15, 0.2) is 0 Å². The molecular formula is C20H17NO3. The monoisotopic (exact) mass is 319 g/mol. The number of carbonyl (C=O) groups excluding carboxylic acids is 1. The molecule has 3 rings (SSSR count). The molecule has 1 heterocycles. The van der Waals surface area contributed by atoms with Gasteiger partial charge < -0.3 is 4.74 Å². The molecule has 0 aliphatic carbocycles. The number of nitrogens with zero attached hydrogens (tertiary/aromatic N) is 1. The summed E-state index contributed by atoms with van der Waals surface area (Å²) in [4.78, 5) is 23.5. The van der Waals surface area contributed by atoms with Gasteiger partial charge in [0.2, 0.25) is 0 Å². The molecule has 0 radical (unpaired) electrons. The van der Waals surface area contributed by atoms with Crippen molar-refractivity contribution in [1.82, 2.24) is 4.57 Å². The minimum Gasteiger partial charge on any atom is -0.444 e. The van der Waals surface area contributed by atoms with E-state index < -0.39 is 11.7 Å². The van der Waals surface area contributed by atoms with Gasteiger partial charge in [-0.05, 0) is 29.2 Å². The van der Waals surface area contributed by atoms with E-state index in [1.165, 1.54) is 17.8 Å². The molecule has 0 saturated heterocycles. The number of carbonyl (C=O) groups is 1. The summed E-state index contributed by atoms with van der Waals surface area (Å²) in [6.45, 7) is 0.128. The van der Waals surface area contributed by atoms with Crippen molar-refractivity contribution in [2.24, 2.45) is 0 Å². The van der Waals surface area contributed by atoms with Gasteiger partial charge >= 0.3 is 6.09 Å². The Balaban J connectivity index is 1.66. The summed E-state index contributed by atoms with van der Waals surface area (Å²) >= 11 is 0. The molecule has 0 N–H and O–H groups in total. The van der Waals surface area contributed by atoms with Crippen LogP contribution in [0.3, 0.4) is 0 Å². The molecule has 4 heteroatoms. The quantitative estimate of drug-likeness (QED) is 0.738. The second-order valence-corrected chi connectivity index (χ2v) is 5.45. The Morgan fingerprint density at radius 3 is 2.33 bits per heavy atom. The summed E-state index contributed by atoms with van der Waals surface area (Å²) in [5.41, 5.74) is 2.86. The van der Waals surface area contributed by atoms with Crippen molar-refractivity contribution < 1.29 is 9.53 Å². The molecule has 1 aromatic heterocycles. The molecule has 0 amide bonds. The first-order valence-corrected chi connectivity index (χ1v) is 7.69. The van der Waals surface area contributed by atoms with Crippen LogP contribution in [-0.2, 0) is 17.8 Å². The minimum absolute atomic E-state index is 0.128. The highest BCUT2D eigenvalue weighted by atomic mass is 16.5. The van der Waals surface area contributed by atoms with Crippen molar-refractivity contribution in [2.75, 3.05) is 0 Å². The number of benzene rings is 2. The Morgan fingerprint density at radius 2 is 1.54 bits per heavy atom. The maximum Gasteiger partial charge on any atom is 0.421 e. The van der Waals surface area contributed by atoms with E-state index in [4.69, 9.17) is 4.74 Å². The summed E-state index contributed by atoms with van der Waals surface area (Å²) in [6.07, 6.45) is 1.55. The van der Waals surface area contributed by atoms with Gasteiger partial charge in [-0.25, -0.2) is 9.36 Å². The van der Waals surface area contributed by atoms with E-state index in [1.54, 1.807) is 12.1 Å². The highest BCUT2D eigenvalue weighted by Gasteiger charge is 2.07. The predicted molar refractivity (Wildman–Crippen MR) is 92.0 cm³/mol. The van der Waals surface area contributed by atoms with Gasteiger partial charge in [-0.1, -0.05) is 60.7 Å². The van der Waals surface area contributed by atoms with Gasteiger partial charge in [-0.15, -0.1) is 0 Å². The number of hydrogen-bond acceptors (Lipinski definition) is 3. The van der Waals surface area contributed by atoms with Crippen molar-refractivity contribution in [3.63, 3.8) is 0 Å². The van der Waals surface area contributed by atoms with Crippen molar-refractivity contribution >= 4 is 6.09 Å². The van der Waals surface area contributed by atoms with Crippen molar-refractivity contribution in [3.05, 3.63) is 106 Å². The van der Waals surface area contributed by atoms with Crippen LogP contribution in [0.15, 0.2) is 83.8 Å². The molecule has 0 unspecified atom stereocenters. The third kappa shape index (κ3) is 3.98. The summed E-state index contributed by atoms with van der Waals surface area (Å²) in [6, 6.07) is 22.6. The maximum atomic E-state index is 12.0. The first-order chi connectivity index (χ1) is 11.7. The summed E-state index contributed by atoms with van der Waals surface area (Å²) < 4.78 is 6.18. The number of pyridine rings is 1. The van der Waals surface area contributed by atoms with Crippen molar-refractivity contribution in [3.8, 4) is 0 Å². The lowest BCUT2D eigenvalue weighted by molar-refractivity contribution is 0.140. The van der Waals surface area contributed by atoms with Crippen LogP contribution in [-0.4, -0.2) is 10.7 Å². The molecule has 0 aliphatic rings. The average Bonchev–Trinajstić information content (AvgIpc) is 2.61. The highest BCUT2D eigenvalue weighted by Crippen LogP contribution is 2.12. The third-order valence-corrected chi connectivity index (χ3v) is 3.62. The molecule has 120 valence electrons. The predicted octanol–water partition coefficient (Wildman–Crippen LogP) is 3.62. The highest BCUT2D eigenvalue weighted by molar-refractivity contribution is 5.70. The molecule has 0 aliphatic heterocycles. The van der Waals surface area contributed by atoms with Crippen LogP contribution in [0.2, 0.25) is 0 Å². The molecule has 24 heavy (non-hydrogen) atoms. The van der Waals surface area contributed by atoms with Crippen LogP contribution in [0.1, 0.15) is 16.7 Å². The number of ether oxygens (including phenoxy) is 1. The molecule has 0 spiro atoms. The van der Waals surface area contributed by atoms with E-state index in [0.29, 0.717) is 0 Å². The lowest BCUT2D eigenvalue weighted by atomic mass is 10.0. The fraction of sp³-hybridized carbons (Fsp3) is 0.100. The Hall–Kier alpha value is -3.14. The van der Waals surface area contributed by atoms with E-state index in [0.717, 1.165) is 22.1 Å². The fourth-order valence-electron chi connectivity index (χ4n) is 2.45.